The van der Waals surface area contributed by atoms with Gasteiger partial charge in [0.1, 0.15) is 5.75 Å². The molecular formula is C15H22N2O3. The molecule has 0 bridgehead atoms. The summed E-state index contributed by atoms with van der Waals surface area (Å²) < 4.78 is 5.25. The molecule has 110 valence electrons. The van der Waals surface area contributed by atoms with E-state index in [-0.39, 0.29) is 18.6 Å². The van der Waals surface area contributed by atoms with Crippen LogP contribution in [0.5, 0.6) is 5.75 Å². The fraction of sp³-hybridized carbons (Fsp3) is 0.533. The Hall–Kier alpha value is -1.75. The van der Waals surface area contributed by atoms with Crippen molar-refractivity contribution < 1.29 is 14.6 Å². The number of aliphatic hydroxyl groups is 1. The molecule has 1 atom stereocenters. The number of likely N-dealkylation sites (tertiary alicyclic amines) is 1. The van der Waals surface area contributed by atoms with Gasteiger partial charge in [-0.15, -0.1) is 0 Å². The maximum Gasteiger partial charge on any atom is 0.257 e. The first-order valence-corrected chi connectivity index (χ1v) is 7.02. The Balaban J connectivity index is 2.19. The van der Waals surface area contributed by atoms with Crippen molar-refractivity contribution in [2.45, 2.75) is 31.7 Å². The van der Waals surface area contributed by atoms with E-state index < -0.39 is 0 Å². The quantitative estimate of drug-likeness (QED) is 0.803. The van der Waals surface area contributed by atoms with Gasteiger partial charge in [0.05, 0.1) is 12.7 Å². The Morgan fingerprint density at radius 1 is 1.55 bits per heavy atom. The number of nitrogens with two attached hydrogens (primary N) is 1. The molecule has 20 heavy (non-hydrogen) atoms. The van der Waals surface area contributed by atoms with E-state index in [4.69, 9.17) is 15.6 Å². The third-order valence-electron chi connectivity index (χ3n) is 3.79. The van der Waals surface area contributed by atoms with Crippen LogP contribution in [-0.2, 0) is 0 Å². The van der Waals surface area contributed by atoms with Gasteiger partial charge in [-0.05, 0) is 43.9 Å². The summed E-state index contributed by atoms with van der Waals surface area (Å²) in [7, 11) is 1.55. The molecule has 0 spiro atoms. The highest BCUT2D eigenvalue weighted by Crippen LogP contribution is 2.28. The summed E-state index contributed by atoms with van der Waals surface area (Å²) in [5, 5.41) is 8.95. The smallest absolute Gasteiger partial charge is 0.257 e. The van der Waals surface area contributed by atoms with E-state index in [0.717, 1.165) is 32.2 Å². The number of ether oxygens (including phenoxy) is 1. The highest BCUT2D eigenvalue weighted by Gasteiger charge is 2.30. The number of hydrogen-bond acceptors (Lipinski definition) is 4. The van der Waals surface area contributed by atoms with Crippen molar-refractivity contribution in [3.63, 3.8) is 0 Å². The number of nitrogen functional groups attached to an aromatic ring is 1. The average molecular weight is 278 g/mol. The van der Waals surface area contributed by atoms with Gasteiger partial charge in [-0.2, -0.15) is 0 Å². The van der Waals surface area contributed by atoms with Crippen molar-refractivity contribution >= 4 is 11.6 Å². The summed E-state index contributed by atoms with van der Waals surface area (Å²) in [4.78, 5) is 14.6. The molecule has 1 aliphatic rings. The number of hydrogen-bond donors (Lipinski definition) is 2. The van der Waals surface area contributed by atoms with Crippen LogP contribution >= 0.6 is 0 Å². The van der Waals surface area contributed by atoms with Crippen LogP contribution < -0.4 is 10.5 Å². The minimum atomic E-state index is -0.0328. The van der Waals surface area contributed by atoms with Crippen molar-refractivity contribution in [1.82, 2.24) is 4.90 Å². The topological polar surface area (TPSA) is 75.8 Å². The van der Waals surface area contributed by atoms with Crippen molar-refractivity contribution in [2.75, 3.05) is 26.0 Å². The SMILES string of the molecule is COc1ccc(N)cc1C(=O)N1CCCC1CCCO. The number of carbonyl (C=O) groups is 1. The minimum Gasteiger partial charge on any atom is -0.496 e. The van der Waals surface area contributed by atoms with Gasteiger partial charge < -0.3 is 20.5 Å². The Labute approximate surface area is 119 Å². The van der Waals surface area contributed by atoms with Crippen LogP contribution in [0.2, 0.25) is 0 Å². The zero-order chi connectivity index (χ0) is 14.5. The zero-order valence-corrected chi connectivity index (χ0v) is 11.8. The molecule has 1 aliphatic heterocycles. The normalized spacial score (nSPS) is 18.3. The number of benzene rings is 1. The second-order valence-electron chi connectivity index (χ2n) is 5.12. The number of anilines is 1. The third kappa shape index (κ3) is 3.04. The summed E-state index contributed by atoms with van der Waals surface area (Å²) in [5.41, 5.74) is 6.85. The van der Waals surface area contributed by atoms with Gasteiger partial charge in [-0.25, -0.2) is 0 Å². The number of methoxy groups -OCH3 is 1. The van der Waals surface area contributed by atoms with Gasteiger partial charge in [0.25, 0.3) is 5.91 Å². The molecule has 1 heterocycles. The molecule has 1 aromatic rings. The highest BCUT2D eigenvalue weighted by atomic mass is 16.5. The third-order valence-corrected chi connectivity index (χ3v) is 3.79. The predicted molar refractivity (Wildman–Crippen MR) is 77.8 cm³/mol. The van der Waals surface area contributed by atoms with E-state index in [1.165, 1.54) is 0 Å². The molecule has 5 heteroatoms. The molecule has 0 radical (unpaired) electrons. The first-order valence-electron chi connectivity index (χ1n) is 7.02. The summed E-state index contributed by atoms with van der Waals surface area (Å²) >= 11 is 0. The van der Waals surface area contributed by atoms with E-state index in [1.54, 1.807) is 25.3 Å². The van der Waals surface area contributed by atoms with Gasteiger partial charge >= 0.3 is 0 Å². The van der Waals surface area contributed by atoms with Crippen molar-refractivity contribution in [2.24, 2.45) is 0 Å². The van der Waals surface area contributed by atoms with Gasteiger partial charge in [0.15, 0.2) is 0 Å². The lowest BCUT2D eigenvalue weighted by atomic mass is 10.1. The van der Waals surface area contributed by atoms with Crippen LogP contribution in [0.15, 0.2) is 18.2 Å². The molecule has 1 unspecified atom stereocenters. The summed E-state index contributed by atoms with van der Waals surface area (Å²) in [6.45, 7) is 0.924. The van der Waals surface area contributed by atoms with Crippen molar-refractivity contribution in [3.05, 3.63) is 23.8 Å². The number of nitrogens with zero attached hydrogens (tertiary/aromatic N) is 1. The molecule has 1 aromatic carbocycles. The Kier molecular flexibility index (Phi) is 4.84. The molecule has 1 fully saturated rings. The van der Waals surface area contributed by atoms with Crippen LogP contribution in [0.3, 0.4) is 0 Å². The molecule has 0 saturated carbocycles. The Morgan fingerprint density at radius 3 is 3.05 bits per heavy atom. The van der Waals surface area contributed by atoms with Crippen LogP contribution in [0, 0.1) is 0 Å². The molecule has 1 amide bonds. The van der Waals surface area contributed by atoms with Gasteiger partial charge in [0, 0.05) is 24.9 Å². The fourth-order valence-electron chi connectivity index (χ4n) is 2.78. The van der Waals surface area contributed by atoms with Crippen molar-refractivity contribution in [3.8, 4) is 5.75 Å². The largest absolute Gasteiger partial charge is 0.496 e. The highest BCUT2D eigenvalue weighted by molar-refractivity contribution is 5.98. The Bertz CT molecular complexity index is 476. The number of rotatable bonds is 5. The molecule has 3 N–H and O–H groups in total. The van der Waals surface area contributed by atoms with Crippen LogP contribution in [0.4, 0.5) is 5.69 Å². The van der Waals surface area contributed by atoms with Crippen molar-refractivity contribution in [1.29, 1.82) is 0 Å². The van der Waals surface area contributed by atoms with Crippen LogP contribution in [0.1, 0.15) is 36.0 Å². The molecule has 0 aliphatic carbocycles. The van der Waals surface area contributed by atoms with E-state index >= 15 is 0 Å². The van der Waals surface area contributed by atoms with Gasteiger partial charge in [-0.3, -0.25) is 4.79 Å². The molecular weight excluding hydrogens is 256 g/mol. The van der Waals surface area contributed by atoms with Crippen LogP contribution in [-0.4, -0.2) is 42.2 Å². The number of aliphatic hydroxyl groups excluding tert-OH is 1. The lowest BCUT2D eigenvalue weighted by Gasteiger charge is -2.25. The monoisotopic (exact) mass is 278 g/mol. The lowest BCUT2D eigenvalue weighted by Crippen LogP contribution is -2.35. The standard InChI is InChI=1S/C15H22N2O3/c1-20-14-7-6-11(16)10-13(14)15(19)17-8-2-4-12(17)5-3-9-18/h6-7,10,12,18H,2-5,8-9,16H2,1H3. The summed E-state index contributed by atoms with van der Waals surface area (Å²) in [6.07, 6.45) is 3.57. The maximum atomic E-state index is 12.7. The molecule has 5 nitrogen and oxygen atoms in total. The minimum absolute atomic E-state index is 0.0328. The zero-order valence-electron chi connectivity index (χ0n) is 11.8. The second kappa shape index (κ2) is 6.61. The fourth-order valence-corrected chi connectivity index (χ4v) is 2.78. The first-order chi connectivity index (χ1) is 9.67. The van der Waals surface area contributed by atoms with E-state index in [9.17, 15) is 4.79 Å². The van der Waals surface area contributed by atoms with Gasteiger partial charge in [0.2, 0.25) is 0 Å². The average Bonchev–Trinajstić information content (AvgIpc) is 2.92. The maximum absolute atomic E-state index is 12.7. The van der Waals surface area contributed by atoms with Crippen LogP contribution in [0.25, 0.3) is 0 Å². The first kappa shape index (κ1) is 14.7. The molecule has 0 aromatic heterocycles. The van der Waals surface area contributed by atoms with E-state index in [0.29, 0.717) is 17.0 Å². The Morgan fingerprint density at radius 2 is 2.35 bits per heavy atom. The lowest BCUT2D eigenvalue weighted by molar-refractivity contribution is 0.0721. The predicted octanol–water partition coefficient (Wildman–Crippen LogP) is 1.65. The molecule has 2 rings (SSSR count). The summed E-state index contributed by atoms with van der Waals surface area (Å²) in [5.74, 6) is 0.520. The summed E-state index contributed by atoms with van der Waals surface area (Å²) in [6, 6.07) is 5.33. The second-order valence-corrected chi connectivity index (χ2v) is 5.12. The van der Waals surface area contributed by atoms with E-state index in [2.05, 4.69) is 0 Å². The number of carbonyl (C=O) groups excluding carboxylic acids is 1. The number of amides is 1. The van der Waals surface area contributed by atoms with E-state index in [1.807, 2.05) is 4.90 Å². The molecule has 1 saturated heterocycles. The van der Waals surface area contributed by atoms with Gasteiger partial charge in [-0.1, -0.05) is 0 Å².